The lowest BCUT2D eigenvalue weighted by Gasteiger charge is -2.05. The van der Waals surface area contributed by atoms with E-state index < -0.39 is 11.7 Å². The fraction of sp³-hybridized carbons (Fsp3) is 0. The Labute approximate surface area is 112 Å². The maximum Gasteiger partial charge on any atom is 0.259 e. The van der Waals surface area contributed by atoms with Gasteiger partial charge in [-0.15, -0.1) is 0 Å². The van der Waals surface area contributed by atoms with Crippen molar-refractivity contribution in [2.75, 3.05) is 5.32 Å². The van der Waals surface area contributed by atoms with Gasteiger partial charge < -0.3 is 5.32 Å². The largest absolute Gasteiger partial charge is 0.306 e. The Morgan fingerprint density at radius 2 is 1.94 bits per heavy atom. The lowest BCUT2D eigenvalue weighted by Crippen LogP contribution is -2.14. The Bertz CT molecular complexity index is 586. The molecule has 92 valence electrons. The van der Waals surface area contributed by atoms with Gasteiger partial charge in [0.25, 0.3) is 5.91 Å². The zero-order valence-electron chi connectivity index (χ0n) is 8.82. The first-order valence-corrected chi connectivity index (χ1v) is 5.58. The summed E-state index contributed by atoms with van der Waals surface area (Å²) in [5.74, 6) is -1.16. The smallest absolute Gasteiger partial charge is 0.259 e. The second-order valence-corrected chi connectivity index (χ2v) is 4.00. The summed E-state index contributed by atoms with van der Waals surface area (Å²) < 4.78 is 13.4. The van der Waals surface area contributed by atoms with Gasteiger partial charge in [0.2, 0.25) is 5.28 Å². The maximum absolute atomic E-state index is 13.4. The maximum atomic E-state index is 13.4. The molecule has 2 aromatic rings. The molecule has 1 aromatic heterocycles. The van der Waals surface area contributed by atoms with Crippen molar-refractivity contribution >= 4 is 34.9 Å². The fourth-order valence-corrected chi connectivity index (χ4v) is 1.69. The molecule has 4 nitrogen and oxygen atoms in total. The molecule has 0 aliphatic rings. The number of nitrogens with zero attached hydrogens (tertiary/aromatic N) is 2. The molecule has 0 bridgehead atoms. The van der Waals surface area contributed by atoms with E-state index in [0.717, 1.165) is 0 Å². The molecule has 1 aromatic carbocycles. The number of aromatic nitrogens is 2. The van der Waals surface area contributed by atoms with Crippen LogP contribution in [-0.4, -0.2) is 15.9 Å². The quantitative estimate of drug-likeness (QED) is 0.681. The summed E-state index contributed by atoms with van der Waals surface area (Å²) in [6, 6.07) is 6.90. The van der Waals surface area contributed by atoms with Crippen LogP contribution in [0.5, 0.6) is 0 Å². The number of halogens is 3. The van der Waals surface area contributed by atoms with Crippen molar-refractivity contribution in [1.82, 2.24) is 9.97 Å². The molecule has 0 atom stereocenters. The van der Waals surface area contributed by atoms with Crippen molar-refractivity contribution in [3.8, 4) is 0 Å². The van der Waals surface area contributed by atoms with Crippen LogP contribution in [0.15, 0.2) is 30.3 Å². The number of amides is 1. The third-order valence-electron chi connectivity index (χ3n) is 2.03. The summed E-state index contributed by atoms with van der Waals surface area (Å²) >= 11 is 11.2. The van der Waals surface area contributed by atoms with E-state index in [9.17, 15) is 9.18 Å². The standard InChI is InChI=1S/C11H6Cl2FN3O/c12-8-5-9(17-11(13)15-8)16-10(18)6-3-1-2-4-7(6)14/h1-5H,(H,15,16,17,18). The summed E-state index contributed by atoms with van der Waals surface area (Å²) in [5, 5.41) is 2.36. The predicted octanol–water partition coefficient (Wildman–Crippen LogP) is 3.17. The number of hydrogen-bond acceptors (Lipinski definition) is 3. The number of hydrogen-bond donors (Lipinski definition) is 1. The third-order valence-corrected chi connectivity index (χ3v) is 2.39. The van der Waals surface area contributed by atoms with Crippen molar-refractivity contribution < 1.29 is 9.18 Å². The lowest BCUT2D eigenvalue weighted by molar-refractivity contribution is 0.102. The van der Waals surface area contributed by atoms with Crippen molar-refractivity contribution in [1.29, 1.82) is 0 Å². The van der Waals surface area contributed by atoms with E-state index in [4.69, 9.17) is 23.2 Å². The zero-order valence-corrected chi connectivity index (χ0v) is 10.3. The lowest BCUT2D eigenvalue weighted by atomic mass is 10.2. The van der Waals surface area contributed by atoms with Gasteiger partial charge in [-0.05, 0) is 23.7 Å². The second-order valence-electron chi connectivity index (χ2n) is 3.28. The van der Waals surface area contributed by atoms with Crippen LogP contribution < -0.4 is 5.32 Å². The number of carbonyl (C=O) groups is 1. The van der Waals surface area contributed by atoms with Gasteiger partial charge in [0.15, 0.2) is 0 Å². The van der Waals surface area contributed by atoms with E-state index in [1.54, 1.807) is 6.07 Å². The number of nitrogens with one attached hydrogen (secondary N) is 1. The van der Waals surface area contributed by atoms with Crippen molar-refractivity contribution in [3.05, 3.63) is 52.1 Å². The number of rotatable bonds is 2. The molecular weight excluding hydrogens is 280 g/mol. The minimum Gasteiger partial charge on any atom is -0.306 e. The van der Waals surface area contributed by atoms with Crippen LogP contribution in [0.4, 0.5) is 10.2 Å². The number of benzene rings is 1. The Kier molecular flexibility index (Phi) is 3.74. The molecule has 1 amide bonds. The average molecular weight is 286 g/mol. The first-order chi connectivity index (χ1) is 8.56. The van der Waals surface area contributed by atoms with Gasteiger partial charge in [0, 0.05) is 6.07 Å². The van der Waals surface area contributed by atoms with Crippen LogP contribution in [0, 0.1) is 5.82 Å². The Balaban J connectivity index is 2.24. The Morgan fingerprint density at radius 3 is 2.61 bits per heavy atom. The first-order valence-electron chi connectivity index (χ1n) is 4.82. The highest BCUT2D eigenvalue weighted by Crippen LogP contribution is 2.16. The monoisotopic (exact) mass is 285 g/mol. The normalized spacial score (nSPS) is 10.2. The summed E-state index contributed by atoms with van der Waals surface area (Å²) in [4.78, 5) is 19.1. The Morgan fingerprint density at radius 1 is 1.22 bits per heavy atom. The van der Waals surface area contributed by atoms with Gasteiger partial charge >= 0.3 is 0 Å². The van der Waals surface area contributed by atoms with Crippen LogP contribution >= 0.6 is 23.2 Å². The van der Waals surface area contributed by atoms with Crippen LogP contribution in [0.1, 0.15) is 10.4 Å². The van der Waals surface area contributed by atoms with E-state index in [2.05, 4.69) is 15.3 Å². The second kappa shape index (κ2) is 5.29. The van der Waals surface area contributed by atoms with E-state index in [-0.39, 0.29) is 21.8 Å². The summed E-state index contributed by atoms with van der Waals surface area (Å²) in [7, 11) is 0. The molecule has 0 fully saturated rings. The molecule has 0 aliphatic heterocycles. The SMILES string of the molecule is O=C(Nc1cc(Cl)nc(Cl)n1)c1ccccc1F. The predicted molar refractivity (Wildman–Crippen MR) is 66.4 cm³/mol. The molecule has 0 radical (unpaired) electrons. The number of carbonyl (C=O) groups excluding carboxylic acids is 1. The minimum atomic E-state index is -0.640. The van der Waals surface area contributed by atoms with Crippen LogP contribution in [0.3, 0.4) is 0 Å². The van der Waals surface area contributed by atoms with Crippen LogP contribution in [0.25, 0.3) is 0 Å². The van der Waals surface area contributed by atoms with Gasteiger partial charge in [-0.2, -0.15) is 0 Å². The van der Waals surface area contributed by atoms with Crippen LogP contribution in [-0.2, 0) is 0 Å². The molecule has 2 rings (SSSR count). The fourth-order valence-electron chi connectivity index (χ4n) is 1.28. The highest BCUT2D eigenvalue weighted by Gasteiger charge is 2.12. The highest BCUT2D eigenvalue weighted by atomic mass is 35.5. The molecule has 1 N–H and O–H groups in total. The zero-order chi connectivity index (χ0) is 13.1. The molecule has 18 heavy (non-hydrogen) atoms. The highest BCUT2D eigenvalue weighted by molar-refractivity contribution is 6.32. The molecule has 0 saturated carbocycles. The molecule has 0 aliphatic carbocycles. The molecule has 0 unspecified atom stereocenters. The van der Waals surface area contributed by atoms with Gasteiger partial charge in [-0.1, -0.05) is 23.7 Å². The summed E-state index contributed by atoms with van der Waals surface area (Å²) in [5.41, 5.74) is -0.0941. The van der Waals surface area contributed by atoms with Crippen molar-refractivity contribution in [3.63, 3.8) is 0 Å². The third kappa shape index (κ3) is 2.94. The molecule has 0 saturated heterocycles. The van der Waals surface area contributed by atoms with E-state index in [1.807, 2.05) is 0 Å². The van der Waals surface area contributed by atoms with Gasteiger partial charge in [0.05, 0.1) is 5.56 Å². The average Bonchev–Trinajstić information content (AvgIpc) is 2.27. The number of anilines is 1. The van der Waals surface area contributed by atoms with Gasteiger partial charge in [0.1, 0.15) is 16.8 Å². The topological polar surface area (TPSA) is 54.9 Å². The van der Waals surface area contributed by atoms with E-state index >= 15 is 0 Å². The minimum absolute atomic E-state index is 0.0823. The van der Waals surface area contributed by atoms with Crippen molar-refractivity contribution in [2.45, 2.75) is 0 Å². The van der Waals surface area contributed by atoms with Gasteiger partial charge in [-0.25, -0.2) is 14.4 Å². The molecule has 0 spiro atoms. The summed E-state index contributed by atoms with van der Waals surface area (Å²) in [6.07, 6.45) is 0. The Hall–Kier alpha value is -1.72. The van der Waals surface area contributed by atoms with Gasteiger partial charge in [-0.3, -0.25) is 4.79 Å². The first kappa shape index (κ1) is 12.7. The molecule has 7 heteroatoms. The van der Waals surface area contributed by atoms with Crippen molar-refractivity contribution in [2.24, 2.45) is 0 Å². The molecule has 1 heterocycles. The molecular formula is C11H6Cl2FN3O. The van der Waals surface area contributed by atoms with E-state index in [1.165, 1.54) is 24.3 Å². The van der Waals surface area contributed by atoms with Crippen LogP contribution in [0.2, 0.25) is 10.4 Å². The van der Waals surface area contributed by atoms with E-state index in [0.29, 0.717) is 0 Å². The summed E-state index contributed by atoms with van der Waals surface area (Å²) in [6.45, 7) is 0.